The predicted molar refractivity (Wildman–Crippen MR) is 75.3 cm³/mol. The number of carbonyl (C=O) groups excluding carboxylic acids is 1. The third-order valence-electron chi connectivity index (χ3n) is 3.77. The Morgan fingerprint density at radius 3 is 2.35 bits per heavy atom. The van der Waals surface area contributed by atoms with Gasteiger partial charge in [-0.05, 0) is 18.4 Å². The second-order valence-corrected chi connectivity index (χ2v) is 5.24. The minimum atomic E-state index is -1.10. The normalized spacial score (nSPS) is 17.2. The number of hydrogen-bond acceptors (Lipinski definition) is 2. The molecule has 1 aliphatic rings. The Morgan fingerprint density at radius 2 is 1.75 bits per heavy atom. The van der Waals surface area contributed by atoms with Gasteiger partial charge in [-0.3, -0.25) is 0 Å². The van der Waals surface area contributed by atoms with E-state index in [4.69, 9.17) is 0 Å². The first kappa shape index (κ1) is 14.4. The van der Waals surface area contributed by atoms with E-state index in [1.54, 1.807) is 0 Å². The smallest absolute Gasteiger partial charge is 0.329 e. The molecule has 0 radical (unpaired) electrons. The Kier molecular flexibility index (Phi) is 4.61. The zero-order chi connectivity index (χ0) is 14.4. The quantitative estimate of drug-likeness (QED) is 0.789. The van der Waals surface area contributed by atoms with Crippen molar-refractivity contribution in [1.29, 1.82) is 0 Å². The Balaban J connectivity index is 1.90. The van der Waals surface area contributed by atoms with Crippen LogP contribution in [0.25, 0.3) is 0 Å². The summed E-state index contributed by atoms with van der Waals surface area (Å²) >= 11 is 0. The van der Waals surface area contributed by atoms with Gasteiger partial charge in [-0.2, -0.15) is 0 Å². The van der Waals surface area contributed by atoms with Crippen LogP contribution in [0.15, 0.2) is 30.3 Å². The van der Waals surface area contributed by atoms with E-state index in [2.05, 4.69) is 10.6 Å². The van der Waals surface area contributed by atoms with Crippen LogP contribution in [0.1, 0.15) is 37.7 Å². The highest BCUT2D eigenvalue weighted by molar-refractivity contribution is 5.86. The largest absolute Gasteiger partial charge is 0.480 e. The maximum atomic E-state index is 11.9. The zero-order valence-electron chi connectivity index (χ0n) is 11.4. The van der Waals surface area contributed by atoms with Crippen molar-refractivity contribution in [3.8, 4) is 0 Å². The lowest BCUT2D eigenvalue weighted by atomic mass is 9.82. The molecule has 0 saturated heterocycles. The molecule has 0 spiro atoms. The summed E-state index contributed by atoms with van der Waals surface area (Å²) in [6.45, 7) is 0.391. The van der Waals surface area contributed by atoms with E-state index in [-0.39, 0.29) is 0 Å². The molecular weight excluding hydrogens is 256 g/mol. The van der Waals surface area contributed by atoms with Gasteiger partial charge in [-0.1, -0.05) is 49.6 Å². The molecule has 0 atom stereocenters. The molecular formula is C15H20N2O3. The first-order valence-corrected chi connectivity index (χ1v) is 6.96. The van der Waals surface area contributed by atoms with Gasteiger partial charge in [0.1, 0.15) is 5.54 Å². The van der Waals surface area contributed by atoms with E-state index >= 15 is 0 Å². The van der Waals surface area contributed by atoms with Crippen LogP contribution in [0.3, 0.4) is 0 Å². The van der Waals surface area contributed by atoms with Crippen molar-refractivity contribution in [2.75, 3.05) is 0 Å². The summed E-state index contributed by atoms with van der Waals surface area (Å²) in [6.07, 6.45) is 3.71. The molecule has 2 amide bonds. The van der Waals surface area contributed by atoms with Crippen LogP contribution >= 0.6 is 0 Å². The number of hydrogen-bond donors (Lipinski definition) is 3. The van der Waals surface area contributed by atoms with Gasteiger partial charge in [0.05, 0.1) is 0 Å². The molecule has 1 saturated carbocycles. The summed E-state index contributed by atoms with van der Waals surface area (Å²) in [5.74, 6) is -0.938. The number of aliphatic carboxylic acids is 1. The van der Waals surface area contributed by atoms with Gasteiger partial charge < -0.3 is 15.7 Å². The van der Waals surface area contributed by atoms with Crippen LogP contribution in [0.2, 0.25) is 0 Å². The van der Waals surface area contributed by atoms with Gasteiger partial charge in [-0.25, -0.2) is 9.59 Å². The van der Waals surface area contributed by atoms with Crippen molar-refractivity contribution in [2.24, 2.45) is 0 Å². The Labute approximate surface area is 118 Å². The van der Waals surface area contributed by atoms with Gasteiger partial charge in [0.2, 0.25) is 0 Å². The number of carbonyl (C=O) groups is 2. The van der Waals surface area contributed by atoms with E-state index in [9.17, 15) is 14.7 Å². The first-order chi connectivity index (χ1) is 9.62. The summed E-state index contributed by atoms with van der Waals surface area (Å²) < 4.78 is 0. The average Bonchev–Trinajstić information content (AvgIpc) is 2.47. The molecule has 108 valence electrons. The lowest BCUT2D eigenvalue weighted by Gasteiger charge is -2.33. The molecule has 1 aromatic rings. The van der Waals surface area contributed by atoms with Crippen molar-refractivity contribution >= 4 is 12.0 Å². The first-order valence-electron chi connectivity index (χ1n) is 6.96. The van der Waals surface area contributed by atoms with Crippen molar-refractivity contribution in [1.82, 2.24) is 10.6 Å². The van der Waals surface area contributed by atoms with Crippen molar-refractivity contribution < 1.29 is 14.7 Å². The molecule has 0 bridgehead atoms. The number of benzene rings is 1. The number of rotatable bonds is 4. The van der Waals surface area contributed by atoms with Gasteiger partial charge in [0.15, 0.2) is 0 Å². The Morgan fingerprint density at radius 1 is 1.10 bits per heavy atom. The minimum absolute atomic E-state index is 0.391. The molecule has 1 fully saturated rings. The van der Waals surface area contributed by atoms with Gasteiger partial charge in [-0.15, -0.1) is 0 Å². The number of carboxylic acids is 1. The molecule has 2 rings (SSSR count). The van der Waals surface area contributed by atoms with Crippen LogP contribution in [-0.2, 0) is 11.3 Å². The Bertz CT molecular complexity index is 467. The lowest BCUT2D eigenvalue weighted by molar-refractivity contribution is -0.145. The fourth-order valence-corrected chi connectivity index (χ4v) is 2.59. The highest BCUT2D eigenvalue weighted by atomic mass is 16.4. The number of nitrogens with one attached hydrogen (secondary N) is 2. The highest BCUT2D eigenvalue weighted by Crippen LogP contribution is 2.28. The topological polar surface area (TPSA) is 78.4 Å². The fraction of sp³-hybridized carbons (Fsp3) is 0.467. The highest BCUT2D eigenvalue weighted by Gasteiger charge is 2.40. The number of urea groups is 1. The van der Waals surface area contributed by atoms with E-state index in [0.717, 1.165) is 24.8 Å². The summed E-state index contributed by atoms with van der Waals surface area (Å²) in [6, 6.07) is 9.11. The van der Waals surface area contributed by atoms with Crippen LogP contribution in [0.4, 0.5) is 4.79 Å². The van der Waals surface area contributed by atoms with Crippen LogP contribution < -0.4 is 10.6 Å². The molecule has 3 N–H and O–H groups in total. The Hall–Kier alpha value is -2.04. The molecule has 0 heterocycles. The average molecular weight is 276 g/mol. The van der Waals surface area contributed by atoms with Crippen LogP contribution in [0.5, 0.6) is 0 Å². The summed E-state index contributed by atoms with van der Waals surface area (Å²) in [5, 5.41) is 14.7. The summed E-state index contributed by atoms with van der Waals surface area (Å²) in [5.41, 5.74) is -0.116. The predicted octanol–water partition coefficient (Wildman–Crippen LogP) is 2.27. The standard InChI is InChI=1S/C15H20N2O3/c18-13(19)15(9-5-2-6-10-15)17-14(20)16-11-12-7-3-1-4-8-12/h1,3-4,7-8H,2,5-6,9-11H2,(H,18,19)(H2,16,17,20). The van der Waals surface area contributed by atoms with Crippen molar-refractivity contribution in [3.63, 3.8) is 0 Å². The van der Waals surface area contributed by atoms with Gasteiger partial charge in [0.25, 0.3) is 0 Å². The van der Waals surface area contributed by atoms with Crippen molar-refractivity contribution in [2.45, 2.75) is 44.2 Å². The molecule has 1 aromatic carbocycles. The summed E-state index contributed by atoms with van der Waals surface area (Å²) in [7, 11) is 0. The molecule has 0 aliphatic heterocycles. The lowest BCUT2D eigenvalue weighted by Crippen LogP contribution is -2.57. The molecule has 0 unspecified atom stereocenters. The molecule has 1 aliphatic carbocycles. The summed E-state index contributed by atoms with van der Waals surface area (Å²) in [4.78, 5) is 23.4. The van der Waals surface area contributed by atoms with Gasteiger partial charge in [0, 0.05) is 6.54 Å². The van der Waals surface area contributed by atoms with E-state index in [1.807, 2.05) is 30.3 Å². The van der Waals surface area contributed by atoms with Crippen LogP contribution in [0, 0.1) is 0 Å². The monoisotopic (exact) mass is 276 g/mol. The van der Waals surface area contributed by atoms with Gasteiger partial charge >= 0.3 is 12.0 Å². The molecule has 20 heavy (non-hydrogen) atoms. The number of amides is 2. The fourth-order valence-electron chi connectivity index (χ4n) is 2.59. The molecule has 5 heteroatoms. The molecule has 5 nitrogen and oxygen atoms in total. The number of carboxylic acid groups (broad SMARTS) is 1. The zero-order valence-corrected chi connectivity index (χ0v) is 11.4. The SMILES string of the molecule is O=C(NCc1ccccc1)NC1(C(=O)O)CCCCC1. The van der Waals surface area contributed by atoms with Crippen LogP contribution in [-0.4, -0.2) is 22.6 Å². The van der Waals surface area contributed by atoms with Crippen molar-refractivity contribution in [3.05, 3.63) is 35.9 Å². The second-order valence-electron chi connectivity index (χ2n) is 5.24. The molecule has 0 aromatic heterocycles. The second kappa shape index (κ2) is 6.41. The maximum absolute atomic E-state index is 11.9. The third kappa shape index (κ3) is 3.50. The third-order valence-corrected chi connectivity index (χ3v) is 3.77. The maximum Gasteiger partial charge on any atom is 0.329 e. The van der Waals surface area contributed by atoms with E-state index < -0.39 is 17.5 Å². The minimum Gasteiger partial charge on any atom is -0.480 e. The van der Waals surface area contributed by atoms with E-state index in [0.29, 0.717) is 19.4 Å². The van der Waals surface area contributed by atoms with E-state index in [1.165, 1.54) is 0 Å².